The first kappa shape index (κ1) is 22.1. The number of anilines is 1. The van der Waals surface area contributed by atoms with Crippen LogP contribution in [0, 0.1) is 5.82 Å². The van der Waals surface area contributed by atoms with Crippen LogP contribution in [0.15, 0.2) is 23.0 Å². The van der Waals surface area contributed by atoms with E-state index in [0.29, 0.717) is 29.2 Å². The number of rotatable bonds is 6. The normalized spacial score (nSPS) is 13.1. The molecule has 32 heavy (non-hydrogen) atoms. The van der Waals surface area contributed by atoms with Crippen LogP contribution < -0.4 is 16.1 Å². The molecule has 168 valence electrons. The van der Waals surface area contributed by atoms with Crippen LogP contribution in [0.2, 0.25) is 0 Å². The number of nitrogens with one attached hydrogen (secondary N) is 2. The Bertz CT molecular complexity index is 1260. The minimum absolute atomic E-state index is 0.0957. The van der Waals surface area contributed by atoms with Gasteiger partial charge in [0.2, 0.25) is 5.43 Å². The SMILES string of the molecule is CCCNC(=O)c1c(NC(=O)c2nn(CC)c3ccc(F)cc3c2=O)sc2c1CCCC2. The summed E-state index contributed by atoms with van der Waals surface area (Å²) < 4.78 is 15.3. The molecule has 2 amide bonds. The molecule has 1 aliphatic rings. The molecule has 9 heteroatoms. The molecule has 4 rings (SSSR count). The second kappa shape index (κ2) is 9.20. The largest absolute Gasteiger partial charge is 0.352 e. The molecule has 0 unspecified atom stereocenters. The summed E-state index contributed by atoms with van der Waals surface area (Å²) in [6.45, 7) is 4.74. The summed E-state index contributed by atoms with van der Waals surface area (Å²) in [5, 5.41) is 10.4. The lowest BCUT2D eigenvalue weighted by Gasteiger charge is -2.13. The van der Waals surface area contributed by atoms with Gasteiger partial charge in [0.1, 0.15) is 10.8 Å². The molecule has 2 aromatic heterocycles. The van der Waals surface area contributed by atoms with Crippen LogP contribution in [0.5, 0.6) is 0 Å². The zero-order valence-corrected chi connectivity index (χ0v) is 18.9. The van der Waals surface area contributed by atoms with Crippen molar-refractivity contribution < 1.29 is 14.0 Å². The van der Waals surface area contributed by atoms with Crippen LogP contribution in [0.25, 0.3) is 10.9 Å². The Hall–Kier alpha value is -3.07. The highest BCUT2D eigenvalue weighted by Gasteiger charge is 2.27. The maximum atomic E-state index is 13.8. The molecule has 3 aromatic rings. The van der Waals surface area contributed by atoms with E-state index in [4.69, 9.17) is 0 Å². The molecule has 0 aliphatic heterocycles. The number of aryl methyl sites for hydroxylation is 2. The Morgan fingerprint density at radius 2 is 1.97 bits per heavy atom. The van der Waals surface area contributed by atoms with Crippen molar-refractivity contribution in [2.24, 2.45) is 0 Å². The van der Waals surface area contributed by atoms with Gasteiger partial charge in [-0.3, -0.25) is 19.1 Å². The molecule has 1 aliphatic carbocycles. The number of hydrogen-bond donors (Lipinski definition) is 2. The van der Waals surface area contributed by atoms with E-state index in [9.17, 15) is 18.8 Å². The number of aromatic nitrogens is 2. The number of fused-ring (bicyclic) bond motifs is 2. The fraction of sp³-hybridized carbons (Fsp3) is 0.391. The van der Waals surface area contributed by atoms with E-state index < -0.39 is 17.2 Å². The fourth-order valence-corrected chi connectivity index (χ4v) is 5.32. The third-order valence-electron chi connectivity index (χ3n) is 5.59. The lowest BCUT2D eigenvalue weighted by atomic mass is 9.95. The van der Waals surface area contributed by atoms with Gasteiger partial charge in [-0.25, -0.2) is 4.39 Å². The number of benzene rings is 1. The maximum Gasteiger partial charge on any atom is 0.280 e. The lowest BCUT2D eigenvalue weighted by molar-refractivity contribution is 0.0954. The van der Waals surface area contributed by atoms with Gasteiger partial charge in [0, 0.05) is 18.0 Å². The smallest absolute Gasteiger partial charge is 0.280 e. The number of amides is 2. The predicted octanol–water partition coefficient (Wildman–Crippen LogP) is 3.89. The van der Waals surface area contributed by atoms with E-state index in [-0.39, 0.29) is 17.0 Å². The predicted molar refractivity (Wildman–Crippen MR) is 123 cm³/mol. The van der Waals surface area contributed by atoms with Crippen molar-refractivity contribution in [1.82, 2.24) is 15.1 Å². The van der Waals surface area contributed by atoms with Crippen molar-refractivity contribution in [2.45, 2.75) is 52.5 Å². The topological polar surface area (TPSA) is 93.1 Å². The van der Waals surface area contributed by atoms with Gasteiger partial charge in [-0.15, -0.1) is 11.3 Å². The first-order chi connectivity index (χ1) is 15.4. The Morgan fingerprint density at radius 1 is 1.19 bits per heavy atom. The third-order valence-corrected chi connectivity index (χ3v) is 6.80. The van der Waals surface area contributed by atoms with Gasteiger partial charge in [0.05, 0.1) is 16.5 Å². The summed E-state index contributed by atoms with van der Waals surface area (Å²) in [5.74, 6) is -1.48. The molecule has 0 saturated carbocycles. The molecular weight excluding hydrogens is 431 g/mol. The molecular formula is C23H25FN4O3S. The van der Waals surface area contributed by atoms with Gasteiger partial charge in [-0.1, -0.05) is 6.92 Å². The average molecular weight is 457 g/mol. The highest BCUT2D eigenvalue weighted by molar-refractivity contribution is 7.17. The van der Waals surface area contributed by atoms with Crippen molar-refractivity contribution in [3.05, 3.63) is 55.9 Å². The highest BCUT2D eigenvalue weighted by atomic mass is 32.1. The van der Waals surface area contributed by atoms with E-state index in [0.717, 1.165) is 48.6 Å². The van der Waals surface area contributed by atoms with Gasteiger partial charge in [0.15, 0.2) is 5.69 Å². The zero-order valence-electron chi connectivity index (χ0n) is 18.1. The van der Waals surface area contributed by atoms with Crippen LogP contribution >= 0.6 is 11.3 Å². The molecule has 7 nitrogen and oxygen atoms in total. The quantitative estimate of drug-likeness (QED) is 0.589. The van der Waals surface area contributed by atoms with Gasteiger partial charge in [-0.05, 0) is 62.8 Å². The lowest BCUT2D eigenvalue weighted by Crippen LogP contribution is -2.29. The van der Waals surface area contributed by atoms with E-state index in [1.165, 1.54) is 28.2 Å². The number of thiophene rings is 1. The second-order valence-corrected chi connectivity index (χ2v) is 8.89. The number of hydrogen-bond acceptors (Lipinski definition) is 5. The van der Waals surface area contributed by atoms with Gasteiger partial charge in [-0.2, -0.15) is 5.10 Å². The van der Waals surface area contributed by atoms with Crippen molar-refractivity contribution in [3.63, 3.8) is 0 Å². The van der Waals surface area contributed by atoms with Crippen molar-refractivity contribution >= 4 is 39.1 Å². The number of nitrogens with zero attached hydrogens (tertiary/aromatic N) is 2. The minimum atomic E-state index is -0.702. The summed E-state index contributed by atoms with van der Waals surface area (Å²) in [4.78, 5) is 40.1. The van der Waals surface area contributed by atoms with Crippen LogP contribution in [0.1, 0.15) is 64.4 Å². The zero-order chi connectivity index (χ0) is 22.8. The summed E-state index contributed by atoms with van der Waals surface area (Å²) in [6.07, 6.45) is 4.47. The minimum Gasteiger partial charge on any atom is -0.352 e. The Kier molecular flexibility index (Phi) is 6.36. The van der Waals surface area contributed by atoms with E-state index >= 15 is 0 Å². The number of carbonyl (C=O) groups is 2. The number of carbonyl (C=O) groups excluding carboxylic acids is 2. The summed E-state index contributed by atoms with van der Waals surface area (Å²) in [5.41, 5.74) is 0.955. The molecule has 0 saturated heterocycles. The molecule has 0 spiro atoms. The van der Waals surface area contributed by atoms with Crippen molar-refractivity contribution in [2.75, 3.05) is 11.9 Å². The fourth-order valence-electron chi connectivity index (χ4n) is 4.04. The summed E-state index contributed by atoms with van der Waals surface area (Å²) in [6, 6.07) is 3.86. The maximum absolute atomic E-state index is 13.8. The first-order valence-electron chi connectivity index (χ1n) is 10.9. The summed E-state index contributed by atoms with van der Waals surface area (Å²) in [7, 11) is 0. The standard InChI is InChI=1S/C23H25FN4O3S/c1-3-11-25-21(30)18-14-7-5-6-8-17(14)32-23(18)26-22(31)19-20(29)15-12-13(24)9-10-16(15)28(4-2)27-19/h9-10,12H,3-8,11H2,1-2H3,(H,25,30)(H,26,31). The van der Waals surface area contributed by atoms with E-state index in [2.05, 4.69) is 15.7 Å². The van der Waals surface area contributed by atoms with Gasteiger partial charge >= 0.3 is 0 Å². The van der Waals surface area contributed by atoms with Crippen LogP contribution in [-0.4, -0.2) is 28.1 Å². The van der Waals surface area contributed by atoms with Crippen molar-refractivity contribution in [1.29, 1.82) is 0 Å². The van der Waals surface area contributed by atoms with Crippen LogP contribution in [0.4, 0.5) is 9.39 Å². The van der Waals surface area contributed by atoms with Crippen molar-refractivity contribution in [3.8, 4) is 0 Å². The monoisotopic (exact) mass is 456 g/mol. The van der Waals surface area contributed by atoms with E-state index in [1.807, 2.05) is 13.8 Å². The molecule has 0 atom stereocenters. The van der Waals surface area contributed by atoms with E-state index in [1.54, 1.807) is 0 Å². The molecule has 2 heterocycles. The van der Waals surface area contributed by atoms with Crippen LogP contribution in [0.3, 0.4) is 0 Å². The van der Waals surface area contributed by atoms with Gasteiger partial charge in [0.25, 0.3) is 11.8 Å². The second-order valence-electron chi connectivity index (χ2n) is 7.78. The third kappa shape index (κ3) is 4.04. The number of halogens is 1. The molecule has 2 N–H and O–H groups in total. The Labute approximate surface area is 188 Å². The molecule has 0 bridgehead atoms. The molecule has 0 fully saturated rings. The Morgan fingerprint density at radius 3 is 2.72 bits per heavy atom. The first-order valence-corrected chi connectivity index (χ1v) is 11.7. The van der Waals surface area contributed by atoms with Gasteiger partial charge < -0.3 is 10.6 Å². The summed E-state index contributed by atoms with van der Waals surface area (Å²) >= 11 is 1.38. The highest BCUT2D eigenvalue weighted by Crippen LogP contribution is 2.38. The molecule has 1 aromatic carbocycles. The average Bonchev–Trinajstić information content (AvgIpc) is 3.15. The molecule has 0 radical (unpaired) electrons. The Balaban J connectivity index is 1.75. The van der Waals surface area contributed by atoms with Crippen LogP contribution in [-0.2, 0) is 19.4 Å².